The van der Waals surface area contributed by atoms with Gasteiger partial charge in [0, 0.05) is 12.1 Å². The quantitative estimate of drug-likeness (QED) is 0.803. The average molecular weight is 289 g/mol. The molecule has 0 radical (unpaired) electrons. The van der Waals surface area contributed by atoms with Crippen molar-refractivity contribution in [2.75, 3.05) is 5.32 Å². The van der Waals surface area contributed by atoms with Gasteiger partial charge in [0.2, 0.25) is 0 Å². The van der Waals surface area contributed by atoms with Crippen molar-refractivity contribution in [2.24, 2.45) is 0 Å². The summed E-state index contributed by atoms with van der Waals surface area (Å²) in [5.74, 6) is 0.530. The van der Waals surface area contributed by atoms with Crippen LogP contribution in [0.2, 0.25) is 0 Å². The Kier molecular flexibility index (Phi) is 4.16. The van der Waals surface area contributed by atoms with Crippen LogP contribution >= 0.6 is 0 Å². The minimum atomic E-state index is -0.442. The van der Waals surface area contributed by atoms with Gasteiger partial charge < -0.3 is 10.4 Å². The Morgan fingerprint density at radius 1 is 1.19 bits per heavy atom. The Hall–Kier alpha value is -2.50. The van der Waals surface area contributed by atoms with Gasteiger partial charge in [-0.15, -0.1) is 0 Å². The first-order valence-corrected chi connectivity index (χ1v) is 6.80. The number of hydrogen-bond donors (Lipinski definition) is 3. The maximum Gasteiger partial charge on any atom is 0.330 e. The van der Waals surface area contributed by atoms with Crippen molar-refractivity contribution in [3.05, 3.63) is 56.7 Å². The summed E-state index contributed by atoms with van der Waals surface area (Å²) in [6.07, 6.45) is 0. The lowest BCUT2D eigenvalue weighted by Crippen LogP contribution is -2.36. The fraction of sp³-hybridized carbons (Fsp3) is 0.333. The second-order valence-electron chi connectivity index (χ2n) is 5.25. The highest BCUT2D eigenvalue weighted by Crippen LogP contribution is 2.20. The molecule has 0 saturated carbocycles. The molecule has 0 amide bonds. The third kappa shape index (κ3) is 3.34. The van der Waals surface area contributed by atoms with E-state index in [2.05, 4.69) is 10.3 Å². The van der Waals surface area contributed by atoms with E-state index < -0.39 is 5.69 Å². The van der Waals surface area contributed by atoms with Crippen molar-refractivity contribution >= 4 is 5.82 Å². The van der Waals surface area contributed by atoms with Gasteiger partial charge in [0.15, 0.2) is 0 Å². The predicted octanol–water partition coefficient (Wildman–Crippen LogP) is 2.00. The highest BCUT2D eigenvalue weighted by atomic mass is 16.3. The Morgan fingerprint density at radius 3 is 2.48 bits per heavy atom. The van der Waals surface area contributed by atoms with E-state index in [1.165, 1.54) is 6.07 Å². The fourth-order valence-electron chi connectivity index (χ4n) is 2.18. The van der Waals surface area contributed by atoms with Crippen LogP contribution < -0.4 is 16.6 Å². The first-order valence-electron chi connectivity index (χ1n) is 6.80. The third-order valence-electron chi connectivity index (χ3n) is 3.22. The number of hydrogen-bond acceptors (Lipinski definition) is 4. The molecule has 1 aromatic heterocycles. The summed E-state index contributed by atoms with van der Waals surface area (Å²) in [7, 11) is 0. The summed E-state index contributed by atoms with van der Waals surface area (Å²) < 4.78 is 1.16. The van der Waals surface area contributed by atoms with E-state index in [9.17, 15) is 14.7 Å². The number of H-pyrrole nitrogens is 1. The van der Waals surface area contributed by atoms with Crippen LogP contribution in [0, 0.1) is 0 Å². The van der Waals surface area contributed by atoms with E-state index in [1.54, 1.807) is 32.0 Å². The molecule has 6 heteroatoms. The van der Waals surface area contributed by atoms with E-state index in [0.717, 1.165) is 10.1 Å². The van der Waals surface area contributed by atoms with Crippen molar-refractivity contribution in [1.29, 1.82) is 0 Å². The molecule has 2 aromatic rings. The SMILES string of the molecule is CC(Nc1cc(=O)n(C(C)C)c(=O)[nH]1)c1cccc(O)c1. The topological polar surface area (TPSA) is 87.1 Å². The molecule has 3 N–H and O–H groups in total. The zero-order valence-corrected chi connectivity index (χ0v) is 12.3. The summed E-state index contributed by atoms with van der Waals surface area (Å²) in [4.78, 5) is 26.5. The first-order chi connectivity index (χ1) is 9.88. The van der Waals surface area contributed by atoms with Gasteiger partial charge in [0.25, 0.3) is 5.56 Å². The summed E-state index contributed by atoms with van der Waals surface area (Å²) in [6.45, 7) is 5.43. The van der Waals surface area contributed by atoms with E-state index in [4.69, 9.17) is 0 Å². The summed E-state index contributed by atoms with van der Waals surface area (Å²) in [5.41, 5.74) is 0.0614. The van der Waals surface area contributed by atoms with Crippen LogP contribution in [0.4, 0.5) is 5.82 Å². The number of benzene rings is 1. The van der Waals surface area contributed by atoms with Crippen LogP contribution in [0.15, 0.2) is 39.9 Å². The molecule has 0 bridgehead atoms. The molecule has 0 spiro atoms. The summed E-state index contributed by atoms with van der Waals surface area (Å²) in [5, 5.41) is 12.5. The van der Waals surface area contributed by atoms with Crippen LogP contribution in [0.25, 0.3) is 0 Å². The van der Waals surface area contributed by atoms with Crippen molar-refractivity contribution in [3.8, 4) is 5.75 Å². The van der Waals surface area contributed by atoms with Gasteiger partial charge in [-0.25, -0.2) is 4.79 Å². The standard InChI is InChI=1S/C15H19N3O3/c1-9(2)18-14(20)8-13(17-15(18)21)16-10(3)11-5-4-6-12(19)7-11/h4-10,16,19H,1-3H3,(H,17,21). The highest BCUT2D eigenvalue weighted by molar-refractivity contribution is 5.38. The molecule has 1 heterocycles. The number of aromatic hydroxyl groups is 1. The monoisotopic (exact) mass is 289 g/mol. The van der Waals surface area contributed by atoms with Crippen LogP contribution in [-0.4, -0.2) is 14.7 Å². The van der Waals surface area contributed by atoms with Crippen molar-refractivity contribution in [2.45, 2.75) is 32.9 Å². The Balaban J connectivity index is 2.28. The normalized spacial score (nSPS) is 12.4. The summed E-state index contributed by atoms with van der Waals surface area (Å²) >= 11 is 0. The minimum absolute atomic E-state index is 0.165. The number of phenols is 1. The molecule has 21 heavy (non-hydrogen) atoms. The molecule has 0 aliphatic heterocycles. The van der Waals surface area contributed by atoms with Gasteiger partial charge in [0.05, 0.1) is 6.04 Å². The minimum Gasteiger partial charge on any atom is -0.508 e. The fourth-order valence-corrected chi connectivity index (χ4v) is 2.18. The molecular formula is C15H19N3O3. The lowest BCUT2D eigenvalue weighted by Gasteiger charge is -2.16. The predicted molar refractivity (Wildman–Crippen MR) is 81.9 cm³/mol. The van der Waals surface area contributed by atoms with Gasteiger partial charge in [-0.1, -0.05) is 12.1 Å². The molecular weight excluding hydrogens is 270 g/mol. The maximum atomic E-state index is 11.9. The van der Waals surface area contributed by atoms with Gasteiger partial charge in [0.1, 0.15) is 11.6 Å². The first kappa shape index (κ1) is 14.9. The molecule has 6 nitrogen and oxygen atoms in total. The second kappa shape index (κ2) is 5.87. The number of nitrogens with zero attached hydrogens (tertiary/aromatic N) is 1. The lowest BCUT2D eigenvalue weighted by molar-refractivity contribution is 0.474. The Morgan fingerprint density at radius 2 is 1.90 bits per heavy atom. The second-order valence-corrected chi connectivity index (χ2v) is 5.25. The Bertz CT molecular complexity index is 715. The molecule has 0 fully saturated rings. The smallest absolute Gasteiger partial charge is 0.330 e. The zero-order valence-electron chi connectivity index (χ0n) is 12.3. The number of aromatic nitrogens is 2. The lowest BCUT2D eigenvalue weighted by atomic mass is 10.1. The van der Waals surface area contributed by atoms with Crippen LogP contribution in [-0.2, 0) is 0 Å². The maximum absolute atomic E-state index is 11.9. The van der Waals surface area contributed by atoms with E-state index in [-0.39, 0.29) is 23.4 Å². The third-order valence-corrected chi connectivity index (χ3v) is 3.22. The van der Waals surface area contributed by atoms with E-state index in [0.29, 0.717) is 5.82 Å². The number of phenolic OH excluding ortho intramolecular Hbond substituents is 1. The van der Waals surface area contributed by atoms with Gasteiger partial charge in [-0.2, -0.15) is 0 Å². The molecule has 1 unspecified atom stereocenters. The van der Waals surface area contributed by atoms with E-state index >= 15 is 0 Å². The summed E-state index contributed by atoms with van der Waals surface area (Å²) in [6, 6.07) is 7.81. The number of rotatable bonds is 4. The van der Waals surface area contributed by atoms with Crippen molar-refractivity contribution in [3.63, 3.8) is 0 Å². The van der Waals surface area contributed by atoms with Crippen LogP contribution in [0.3, 0.4) is 0 Å². The van der Waals surface area contributed by atoms with Crippen molar-refractivity contribution in [1.82, 2.24) is 9.55 Å². The number of nitrogens with one attached hydrogen (secondary N) is 2. The van der Waals surface area contributed by atoms with Gasteiger partial charge in [-0.3, -0.25) is 14.3 Å². The molecule has 0 saturated heterocycles. The zero-order chi connectivity index (χ0) is 15.6. The number of anilines is 1. The van der Waals surface area contributed by atoms with Crippen LogP contribution in [0.5, 0.6) is 5.75 Å². The largest absolute Gasteiger partial charge is 0.508 e. The number of aromatic amines is 1. The van der Waals surface area contributed by atoms with Crippen molar-refractivity contribution < 1.29 is 5.11 Å². The molecule has 1 aromatic carbocycles. The highest BCUT2D eigenvalue weighted by Gasteiger charge is 2.10. The molecule has 112 valence electrons. The van der Waals surface area contributed by atoms with Gasteiger partial charge in [-0.05, 0) is 38.5 Å². The average Bonchev–Trinajstić information content (AvgIpc) is 2.37. The molecule has 0 aliphatic rings. The Labute approximate surface area is 122 Å². The molecule has 0 aliphatic carbocycles. The van der Waals surface area contributed by atoms with Gasteiger partial charge >= 0.3 is 5.69 Å². The molecule has 2 rings (SSSR count). The molecule has 1 atom stereocenters. The van der Waals surface area contributed by atoms with Crippen LogP contribution in [0.1, 0.15) is 38.4 Å². The van der Waals surface area contributed by atoms with E-state index in [1.807, 2.05) is 13.0 Å².